The van der Waals surface area contributed by atoms with Gasteiger partial charge in [0.25, 0.3) is 0 Å². The van der Waals surface area contributed by atoms with Crippen LogP contribution in [-0.2, 0) is 4.74 Å². The quantitative estimate of drug-likeness (QED) is 0.243. The second-order valence-corrected chi connectivity index (χ2v) is 3.32. The van der Waals surface area contributed by atoms with Crippen LogP contribution in [0.4, 0.5) is 0 Å². The number of pyridine rings is 1. The minimum atomic E-state index is -0.00289. The van der Waals surface area contributed by atoms with Crippen molar-refractivity contribution in [3.63, 3.8) is 0 Å². The Labute approximate surface area is 100 Å². The van der Waals surface area contributed by atoms with E-state index in [0.717, 1.165) is 6.42 Å². The minimum absolute atomic E-state index is 0.00289. The Bertz CT molecular complexity index is 369. The van der Waals surface area contributed by atoms with Gasteiger partial charge in [0.1, 0.15) is 12.4 Å². The zero-order chi connectivity index (χ0) is 12.5. The van der Waals surface area contributed by atoms with Crippen LogP contribution in [0.5, 0.6) is 5.75 Å². The molecule has 0 aliphatic rings. The second kappa shape index (κ2) is 7.45. The number of nitrogens with two attached hydrogens (primary N) is 1. The molecule has 94 valence electrons. The Morgan fingerprint density at radius 2 is 2.29 bits per heavy atom. The molecular weight excluding hydrogens is 222 g/mol. The molecule has 0 spiro atoms. The van der Waals surface area contributed by atoms with Crippen molar-refractivity contribution in [1.29, 1.82) is 0 Å². The molecule has 0 amide bonds. The van der Waals surface area contributed by atoms with Crippen LogP contribution in [0.25, 0.3) is 0 Å². The molecule has 3 N–H and O–H groups in total. The zero-order valence-electron chi connectivity index (χ0n) is 9.80. The van der Waals surface area contributed by atoms with Crippen LogP contribution < -0.4 is 10.5 Å². The van der Waals surface area contributed by atoms with Gasteiger partial charge in [0.05, 0.1) is 18.4 Å². The highest BCUT2D eigenvalue weighted by atomic mass is 16.5. The molecule has 0 saturated carbocycles. The molecule has 6 nitrogen and oxygen atoms in total. The van der Waals surface area contributed by atoms with Crippen molar-refractivity contribution in [3.8, 4) is 5.75 Å². The molecule has 17 heavy (non-hydrogen) atoms. The molecule has 1 rings (SSSR count). The summed E-state index contributed by atoms with van der Waals surface area (Å²) < 4.78 is 10.7. The van der Waals surface area contributed by atoms with Crippen molar-refractivity contribution in [2.24, 2.45) is 10.9 Å². The summed E-state index contributed by atoms with van der Waals surface area (Å²) in [4.78, 5) is 3.92. The number of rotatable bonds is 7. The Morgan fingerprint density at radius 1 is 1.47 bits per heavy atom. The first-order chi connectivity index (χ1) is 8.29. The normalized spacial score (nSPS) is 11.5. The smallest absolute Gasteiger partial charge is 0.173 e. The maximum absolute atomic E-state index is 8.62. The Kier molecular flexibility index (Phi) is 5.81. The molecule has 6 heteroatoms. The number of hydrogen-bond acceptors (Lipinski definition) is 5. The van der Waals surface area contributed by atoms with Crippen LogP contribution in [0.15, 0.2) is 23.6 Å². The van der Waals surface area contributed by atoms with Gasteiger partial charge in [0, 0.05) is 12.8 Å². The van der Waals surface area contributed by atoms with Crippen LogP contribution in [0.3, 0.4) is 0 Å². The summed E-state index contributed by atoms with van der Waals surface area (Å²) in [5.41, 5.74) is 6.02. The van der Waals surface area contributed by atoms with Crippen molar-refractivity contribution < 1.29 is 14.7 Å². The summed E-state index contributed by atoms with van der Waals surface area (Å²) in [5, 5.41) is 11.5. The lowest BCUT2D eigenvalue weighted by Gasteiger charge is -2.09. The van der Waals surface area contributed by atoms with Gasteiger partial charge < -0.3 is 20.4 Å². The molecule has 0 bridgehead atoms. The van der Waals surface area contributed by atoms with Crippen molar-refractivity contribution in [1.82, 2.24) is 4.98 Å². The van der Waals surface area contributed by atoms with Gasteiger partial charge in [-0.2, -0.15) is 0 Å². The van der Waals surface area contributed by atoms with Gasteiger partial charge in [0.2, 0.25) is 0 Å². The summed E-state index contributed by atoms with van der Waals surface area (Å²) in [6.45, 7) is 3.65. The average Bonchev–Trinajstić information content (AvgIpc) is 2.38. The summed E-state index contributed by atoms with van der Waals surface area (Å²) >= 11 is 0. The van der Waals surface area contributed by atoms with Gasteiger partial charge in [-0.05, 0) is 12.5 Å². The predicted octanol–water partition coefficient (Wildman–Crippen LogP) is 0.982. The zero-order valence-corrected chi connectivity index (χ0v) is 9.80. The van der Waals surface area contributed by atoms with Gasteiger partial charge in [-0.25, -0.2) is 0 Å². The fraction of sp³-hybridized carbons (Fsp3) is 0.455. The fourth-order valence-corrected chi connectivity index (χ4v) is 1.22. The predicted molar refractivity (Wildman–Crippen MR) is 63.4 cm³/mol. The maximum atomic E-state index is 8.62. The lowest BCUT2D eigenvalue weighted by atomic mass is 10.2. The number of aromatic nitrogens is 1. The maximum Gasteiger partial charge on any atom is 0.173 e. The van der Waals surface area contributed by atoms with E-state index in [1.807, 2.05) is 6.92 Å². The molecular formula is C11H17N3O3. The van der Waals surface area contributed by atoms with Gasteiger partial charge in [0.15, 0.2) is 5.84 Å². The Hall–Kier alpha value is -1.82. The van der Waals surface area contributed by atoms with Gasteiger partial charge >= 0.3 is 0 Å². The van der Waals surface area contributed by atoms with E-state index in [0.29, 0.717) is 31.1 Å². The largest absolute Gasteiger partial charge is 0.489 e. The van der Waals surface area contributed by atoms with Gasteiger partial charge in [-0.3, -0.25) is 4.98 Å². The highest BCUT2D eigenvalue weighted by molar-refractivity contribution is 5.99. The number of oxime groups is 1. The van der Waals surface area contributed by atoms with Crippen LogP contribution in [0, 0.1) is 0 Å². The van der Waals surface area contributed by atoms with E-state index in [2.05, 4.69) is 10.1 Å². The molecule has 0 atom stereocenters. The highest BCUT2D eigenvalue weighted by Crippen LogP contribution is 2.15. The molecule has 0 aliphatic heterocycles. The van der Waals surface area contributed by atoms with Gasteiger partial charge in [-0.1, -0.05) is 12.1 Å². The summed E-state index contributed by atoms with van der Waals surface area (Å²) in [6, 6.07) is 1.62. The lowest BCUT2D eigenvalue weighted by molar-refractivity contribution is 0.100. The first kappa shape index (κ1) is 13.2. The number of amidine groups is 1. The molecule has 0 aromatic carbocycles. The number of ether oxygens (including phenoxy) is 2. The molecule has 0 saturated heterocycles. The van der Waals surface area contributed by atoms with E-state index in [4.69, 9.17) is 20.4 Å². The third kappa shape index (κ3) is 4.28. The lowest BCUT2D eigenvalue weighted by Crippen LogP contribution is -2.16. The Morgan fingerprint density at radius 3 is 3.00 bits per heavy atom. The first-order valence-corrected chi connectivity index (χ1v) is 5.42. The highest BCUT2D eigenvalue weighted by Gasteiger charge is 2.07. The van der Waals surface area contributed by atoms with Crippen molar-refractivity contribution in [2.45, 2.75) is 13.3 Å². The van der Waals surface area contributed by atoms with E-state index in [-0.39, 0.29) is 5.84 Å². The third-order valence-electron chi connectivity index (χ3n) is 2.00. The van der Waals surface area contributed by atoms with Crippen LogP contribution in [-0.4, -0.2) is 35.8 Å². The minimum Gasteiger partial charge on any atom is -0.489 e. The van der Waals surface area contributed by atoms with E-state index >= 15 is 0 Å². The van der Waals surface area contributed by atoms with E-state index in [1.54, 1.807) is 12.3 Å². The van der Waals surface area contributed by atoms with Crippen LogP contribution in [0.2, 0.25) is 0 Å². The topological polar surface area (TPSA) is 90.0 Å². The summed E-state index contributed by atoms with van der Waals surface area (Å²) in [5.74, 6) is 0.472. The average molecular weight is 239 g/mol. The number of hydrogen-bond donors (Lipinski definition) is 2. The van der Waals surface area contributed by atoms with Crippen LogP contribution in [0.1, 0.15) is 18.9 Å². The SMILES string of the molecule is CCCOCCOc1cnccc1/C(N)=N/O. The Balaban J connectivity index is 2.53. The standard InChI is InChI=1S/C11H17N3O3/c1-2-5-16-6-7-17-10-8-13-4-3-9(10)11(12)14-15/h3-4,8,15H,2,5-7H2,1H3,(H2,12,14). The second-order valence-electron chi connectivity index (χ2n) is 3.32. The summed E-state index contributed by atoms with van der Waals surface area (Å²) in [7, 11) is 0. The third-order valence-corrected chi connectivity index (χ3v) is 2.00. The fourth-order valence-electron chi connectivity index (χ4n) is 1.22. The van der Waals surface area contributed by atoms with Crippen LogP contribution >= 0.6 is 0 Å². The van der Waals surface area contributed by atoms with Gasteiger partial charge in [-0.15, -0.1) is 0 Å². The van der Waals surface area contributed by atoms with Crippen molar-refractivity contribution in [2.75, 3.05) is 19.8 Å². The first-order valence-electron chi connectivity index (χ1n) is 5.42. The molecule has 0 fully saturated rings. The number of nitrogens with zero attached hydrogens (tertiary/aromatic N) is 2. The summed E-state index contributed by atoms with van der Waals surface area (Å²) in [6.07, 6.45) is 4.04. The molecule has 1 heterocycles. The monoisotopic (exact) mass is 239 g/mol. The molecule has 1 aromatic rings. The molecule has 0 radical (unpaired) electrons. The van der Waals surface area contributed by atoms with E-state index < -0.39 is 0 Å². The van der Waals surface area contributed by atoms with E-state index in [1.165, 1.54) is 6.20 Å². The molecule has 0 unspecified atom stereocenters. The van der Waals surface area contributed by atoms with Crippen molar-refractivity contribution >= 4 is 5.84 Å². The van der Waals surface area contributed by atoms with E-state index in [9.17, 15) is 0 Å². The molecule has 1 aromatic heterocycles. The van der Waals surface area contributed by atoms with Crippen molar-refractivity contribution in [3.05, 3.63) is 24.0 Å². The molecule has 0 aliphatic carbocycles.